The molecule has 0 aliphatic carbocycles. The molecule has 2 nitrogen and oxygen atoms in total. The Bertz CT molecular complexity index is 281. The maximum absolute atomic E-state index is 4.21. The summed E-state index contributed by atoms with van der Waals surface area (Å²) in [6.07, 6.45) is 2.57. The molecule has 1 saturated heterocycles. The summed E-state index contributed by atoms with van der Waals surface area (Å²) >= 11 is 5.97. The van der Waals surface area contributed by atoms with Gasteiger partial charge < -0.3 is 0 Å². The molecule has 0 N–H and O–H groups in total. The van der Waals surface area contributed by atoms with Crippen LogP contribution in [0.15, 0.2) is 0 Å². The summed E-state index contributed by atoms with van der Waals surface area (Å²) in [4.78, 5) is 0. The number of thioether (sulfide) groups is 1. The van der Waals surface area contributed by atoms with Crippen molar-refractivity contribution in [2.45, 2.75) is 24.5 Å². The summed E-state index contributed by atoms with van der Waals surface area (Å²) in [7, 11) is 0. The Morgan fingerprint density at radius 2 is 2.33 bits per heavy atom. The van der Waals surface area contributed by atoms with Crippen molar-refractivity contribution in [2.75, 3.05) is 5.75 Å². The number of hydrogen-bond acceptors (Lipinski definition) is 4. The summed E-state index contributed by atoms with van der Waals surface area (Å²) in [6, 6.07) is 0. The summed E-state index contributed by atoms with van der Waals surface area (Å²) in [5, 5.41) is 9.46. The third kappa shape index (κ3) is 1.63. The molecule has 1 unspecified atom stereocenters. The minimum Gasteiger partial charge on any atom is -0.148 e. The fourth-order valence-corrected chi connectivity index (χ4v) is 4.24. The van der Waals surface area contributed by atoms with E-state index in [2.05, 4.69) is 39.7 Å². The number of hydrogen-bond donors (Lipinski definition) is 0. The zero-order chi connectivity index (χ0) is 8.60. The van der Waals surface area contributed by atoms with Crippen LogP contribution in [0.4, 0.5) is 0 Å². The SMILES string of the molecule is CC1(c2nnc(I)s2)CCCS1. The first kappa shape index (κ1) is 9.21. The summed E-state index contributed by atoms with van der Waals surface area (Å²) in [5.74, 6) is 1.27. The van der Waals surface area contributed by atoms with Crippen LogP contribution in [0.3, 0.4) is 0 Å². The Morgan fingerprint density at radius 3 is 2.83 bits per heavy atom. The van der Waals surface area contributed by atoms with Gasteiger partial charge in [-0.25, -0.2) is 0 Å². The molecule has 1 aliphatic rings. The fourth-order valence-electron chi connectivity index (χ4n) is 1.37. The topological polar surface area (TPSA) is 25.8 Å². The van der Waals surface area contributed by atoms with Gasteiger partial charge in [-0.2, -0.15) is 0 Å². The molecular weight excluding hydrogens is 303 g/mol. The van der Waals surface area contributed by atoms with Crippen LogP contribution in [0.2, 0.25) is 0 Å². The maximum atomic E-state index is 4.21. The highest BCUT2D eigenvalue weighted by Gasteiger charge is 2.34. The highest BCUT2D eigenvalue weighted by atomic mass is 127. The lowest BCUT2D eigenvalue weighted by atomic mass is 10.1. The molecular formula is C7H9IN2S2. The molecule has 5 heteroatoms. The van der Waals surface area contributed by atoms with Crippen molar-refractivity contribution in [3.05, 3.63) is 8.02 Å². The van der Waals surface area contributed by atoms with Crippen molar-refractivity contribution in [1.82, 2.24) is 10.2 Å². The molecule has 0 amide bonds. The summed E-state index contributed by atoms with van der Waals surface area (Å²) in [5.41, 5.74) is 0. The standard InChI is InChI=1S/C7H9IN2S2/c1-7(3-2-4-11-7)5-9-10-6(8)12-5/h2-4H2,1H3. The molecule has 66 valence electrons. The second kappa shape index (κ2) is 3.42. The van der Waals surface area contributed by atoms with Crippen molar-refractivity contribution < 1.29 is 0 Å². The van der Waals surface area contributed by atoms with Crippen LogP contribution in [0.25, 0.3) is 0 Å². The van der Waals surface area contributed by atoms with Crippen LogP contribution in [-0.2, 0) is 4.75 Å². The zero-order valence-corrected chi connectivity index (χ0v) is 10.5. The molecule has 0 aromatic carbocycles. The van der Waals surface area contributed by atoms with E-state index >= 15 is 0 Å². The highest BCUT2D eigenvalue weighted by Crippen LogP contribution is 2.46. The fraction of sp³-hybridized carbons (Fsp3) is 0.714. The van der Waals surface area contributed by atoms with Gasteiger partial charge in [0, 0.05) is 0 Å². The van der Waals surface area contributed by atoms with Gasteiger partial charge >= 0.3 is 0 Å². The van der Waals surface area contributed by atoms with Crippen LogP contribution in [0, 0.1) is 3.01 Å². The van der Waals surface area contributed by atoms with E-state index in [1.54, 1.807) is 11.3 Å². The number of nitrogens with zero attached hydrogens (tertiary/aromatic N) is 2. The second-order valence-corrected chi connectivity index (χ2v) is 7.37. The Labute approximate surface area is 93.7 Å². The first-order valence-corrected chi connectivity index (χ1v) is 6.72. The Morgan fingerprint density at radius 1 is 1.50 bits per heavy atom. The van der Waals surface area contributed by atoms with Gasteiger partial charge in [-0.05, 0) is 48.1 Å². The van der Waals surface area contributed by atoms with E-state index in [0.717, 1.165) is 3.01 Å². The van der Waals surface area contributed by atoms with Gasteiger partial charge in [-0.3, -0.25) is 0 Å². The lowest BCUT2D eigenvalue weighted by molar-refractivity contribution is 0.634. The molecule has 1 aromatic heterocycles. The molecule has 0 bridgehead atoms. The highest BCUT2D eigenvalue weighted by molar-refractivity contribution is 14.1. The van der Waals surface area contributed by atoms with Gasteiger partial charge in [0.05, 0.1) is 4.75 Å². The lowest BCUT2D eigenvalue weighted by Gasteiger charge is -2.17. The molecule has 2 rings (SSSR count). The normalized spacial score (nSPS) is 29.5. The van der Waals surface area contributed by atoms with Crippen LogP contribution < -0.4 is 0 Å². The first-order chi connectivity index (χ1) is 5.71. The van der Waals surface area contributed by atoms with Gasteiger partial charge in [0.15, 0.2) is 3.01 Å². The Hall–Kier alpha value is 0.640. The van der Waals surface area contributed by atoms with Crippen molar-refractivity contribution in [1.29, 1.82) is 0 Å². The van der Waals surface area contributed by atoms with Crippen LogP contribution in [0.1, 0.15) is 24.8 Å². The number of halogens is 1. The zero-order valence-electron chi connectivity index (χ0n) is 6.71. The quantitative estimate of drug-likeness (QED) is 0.746. The van der Waals surface area contributed by atoms with E-state index in [0.29, 0.717) is 0 Å². The molecule has 1 fully saturated rings. The van der Waals surface area contributed by atoms with Crippen LogP contribution in [0.5, 0.6) is 0 Å². The molecule has 1 aliphatic heterocycles. The minimum absolute atomic E-state index is 0.265. The molecule has 1 aromatic rings. The Kier molecular flexibility index (Phi) is 2.62. The second-order valence-electron chi connectivity index (χ2n) is 3.04. The van der Waals surface area contributed by atoms with Gasteiger partial charge in [0.2, 0.25) is 0 Å². The van der Waals surface area contributed by atoms with E-state index in [4.69, 9.17) is 0 Å². The van der Waals surface area contributed by atoms with E-state index in [9.17, 15) is 0 Å². The van der Waals surface area contributed by atoms with Crippen LogP contribution in [-0.4, -0.2) is 16.0 Å². The van der Waals surface area contributed by atoms with E-state index in [1.807, 2.05) is 11.8 Å². The maximum Gasteiger partial charge on any atom is 0.178 e. The smallest absolute Gasteiger partial charge is 0.148 e. The molecule has 2 heterocycles. The number of rotatable bonds is 1. The Balaban J connectivity index is 2.28. The summed E-state index contributed by atoms with van der Waals surface area (Å²) < 4.78 is 1.32. The van der Waals surface area contributed by atoms with Gasteiger partial charge in [-0.15, -0.1) is 22.0 Å². The number of aromatic nitrogens is 2. The van der Waals surface area contributed by atoms with Gasteiger partial charge in [-0.1, -0.05) is 11.3 Å². The van der Waals surface area contributed by atoms with Crippen molar-refractivity contribution >= 4 is 45.7 Å². The van der Waals surface area contributed by atoms with E-state index < -0.39 is 0 Å². The molecule has 0 radical (unpaired) electrons. The average Bonchev–Trinajstić information content (AvgIpc) is 2.59. The van der Waals surface area contributed by atoms with Crippen molar-refractivity contribution in [3.8, 4) is 0 Å². The van der Waals surface area contributed by atoms with Gasteiger partial charge in [0.1, 0.15) is 5.01 Å². The first-order valence-electron chi connectivity index (χ1n) is 3.84. The predicted molar refractivity (Wildman–Crippen MR) is 61.7 cm³/mol. The molecule has 0 saturated carbocycles. The monoisotopic (exact) mass is 312 g/mol. The largest absolute Gasteiger partial charge is 0.178 e. The van der Waals surface area contributed by atoms with Crippen LogP contribution >= 0.6 is 45.7 Å². The van der Waals surface area contributed by atoms with Crippen molar-refractivity contribution in [3.63, 3.8) is 0 Å². The third-order valence-electron chi connectivity index (χ3n) is 2.07. The van der Waals surface area contributed by atoms with E-state index in [-0.39, 0.29) is 4.75 Å². The molecule has 1 atom stereocenters. The lowest BCUT2D eigenvalue weighted by Crippen LogP contribution is -2.11. The minimum atomic E-state index is 0.265. The average molecular weight is 312 g/mol. The van der Waals surface area contributed by atoms with Crippen molar-refractivity contribution in [2.24, 2.45) is 0 Å². The third-order valence-corrected chi connectivity index (χ3v) is 5.58. The molecule has 0 spiro atoms. The predicted octanol–water partition coefficient (Wildman–Crippen LogP) is 2.88. The van der Waals surface area contributed by atoms with Gasteiger partial charge in [0.25, 0.3) is 0 Å². The van der Waals surface area contributed by atoms with E-state index in [1.165, 1.54) is 23.6 Å². The molecule has 12 heavy (non-hydrogen) atoms. The summed E-state index contributed by atoms with van der Waals surface area (Å²) in [6.45, 7) is 2.28.